The summed E-state index contributed by atoms with van der Waals surface area (Å²) < 4.78 is 2.36. The SMILES string of the molecule is Cc1c2c(c(C(C)C)c3ccccc13)Sc1cc3cc(CC4CCCC4)ccc3c3cc[n+](C)c-2c13. The molecule has 180 valence electrons. The van der Waals surface area contributed by atoms with E-state index in [2.05, 4.69) is 93.2 Å². The van der Waals surface area contributed by atoms with Crippen molar-refractivity contribution in [2.24, 2.45) is 13.0 Å². The van der Waals surface area contributed by atoms with Crippen LogP contribution >= 0.6 is 11.8 Å². The summed E-state index contributed by atoms with van der Waals surface area (Å²) in [6, 6.07) is 21.1. The van der Waals surface area contributed by atoms with E-state index in [1.807, 2.05) is 11.8 Å². The number of pyridine rings is 1. The van der Waals surface area contributed by atoms with Crippen LogP contribution in [0.2, 0.25) is 0 Å². The molecule has 0 atom stereocenters. The number of fused-ring (bicyclic) bond motifs is 5. The molecule has 0 amide bonds. The smallest absolute Gasteiger partial charge is 0.200 e. The summed E-state index contributed by atoms with van der Waals surface area (Å²) in [5, 5.41) is 8.39. The molecule has 1 aliphatic carbocycles. The lowest BCUT2D eigenvalue weighted by atomic mass is 9.87. The number of hydrogen-bond acceptors (Lipinski definition) is 1. The summed E-state index contributed by atoms with van der Waals surface area (Å²) in [6.45, 7) is 7.03. The predicted octanol–water partition coefficient (Wildman–Crippen LogP) is 9.27. The molecule has 0 N–H and O–H groups in total. The number of nitrogens with zero attached hydrogens (tertiary/aromatic N) is 1. The van der Waals surface area contributed by atoms with E-state index in [4.69, 9.17) is 0 Å². The Bertz CT molecular complexity index is 1690. The molecule has 1 saturated carbocycles. The van der Waals surface area contributed by atoms with Crippen molar-refractivity contribution in [2.45, 2.75) is 68.6 Å². The van der Waals surface area contributed by atoms with Gasteiger partial charge in [-0.15, -0.1) is 0 Å². The zero-order valence-electron chi connectivity index (χ0n) is 21.8. The van der Waals surface area contributed by atoms with Gasteiger partial charge in [-0.2, -0.15) is 0 Å². The van der Waals surface area contributed by atoms with Crippen molar-refractivity contribution in [1.82, 2.24) is 0 Å². The van der Waals surface area contributed by atoms with Crippen LogP contribution in [0, 0.1) is 12.8 Å². The normalized spacial score (nSPS) is 15.5. The number of aryl methyl sites for hydroxylation is 2. The number of aromatic nitrogens is 1. The Kier molecular flexibility index (Phi) is 5.19. The van der Waals surface area contributed by atoms with Gasteiger partial charge in [0.25, 0.3) is 0 Å². The molecule has 1 aliphatic heterocycles. The minimum atomic E-state index is 0.460. The molecule has 2 heteroatoms. The van der Waals surface area contributed by atoms with Crippen molar-refractivity contribution in [1.29, 1.82) is 0 Å². The van der Waals surface area contributed by atoms with Gasteiger partial charge in [0, 0.05) is 21.2 Å². The largest absolute Gasteiger partial charge is 0.222 e. The molecule has 0 spiro atoms. The van der Waals surface area contributed by atoms with E-state index in [1.165, 1.54) is 102 Å². The quantitative estimate of drug-likeness (QED) is 0.177. The van der Waals surface area contributed by atoms with Gasteiger partial charge < -0.3 is 0 Å². The Morgan fingerprint density at radius 2 is 1.69 bits per heavy atom. The van der Waals surface area contributed by atoms with E-state index < -0.39 is 0 Å². The Morgan fingerprint density at radius 1 is 0.917 bits per heavy atom. The topological polar surface area (TPSA) is 3.88 Å². The van der Waals surface area contributed by atoms with Crippen LogP contribution in [0.5, 0.6) is 0 Å². The van der Waals surface area contributed by atoms with E-state index in [9.17, 15) is 0 Å². The molecule has 2 aliphatic rings. The average Bonchev–Trinajstić information content (AvgIpc) is 3.38. The summed E-state index contributed by atoms with van der Waals surface area (Å²) in [6.07, 6.45) is 9.13. The zero-order valence-corrected chi connectivity index (χ0v) is 22.6. The lowest BCUT2D eigenvalue weighted by molar-refractivity contribution is -0.659. The molecule has 7 rings (SSSR count). The number of benzene rings is 4. The third-order valence-electron chi connectivity index (χ3n) is 8.76. The first-order chi connectivity index (χ1) is 17.5. The van der Waals surface area contributed by atoms with Crippen LogP contribution in [0.15, 0.2) is 70.6 Å². The Balaban J connectivity index is 1.53. The van der Waals surface area contributed by atoms with E-state index in [1.54, 1.807) is 0 Å². The molecule has 1 fully saturated rings. The summed E-state index contributed by atoms with van der Waals surface area (Å²) in [7, 11) is 2.22. The highest BCUT2D eigenvalue weighted by molar-refractivity contribution is 8.00. The maximum Gasteiger partial charge on any atom is 0.222 e. The fourth-order valence-corrected chi connectivity index (χ4v) is 8.57. The van der Waals surface area contributed by atoms with Crippen molar-refractivity contribution in [3.8, 4) is 11.3 Å². The van der Waals surface area contributed by atoms with E-state index in [0.29, 0.717) is 5.92 Å². The zero-order chi connectivity index (χ0) is 24.6. The molecule has 0 saturated heterocycles. The molecule has 1 nitrogen and oxygen atoms in total. The van der Waals surface area contributed by atoms with Crippen molar-refractivity contribution < 1.29 is 4.57 Å². The average molecular weight is 489 g/mol. The van der Waals surface area contributed by atoms with E-state index in [0.717, 1.165) is 5.92 Å². The highest BCUT2D eigenvalue weighted by Crippen LogP contribution is 2.53. The molecule has 0 unspecified atom stereocenters. The predicted molar refractivity (Wildman–Crippen MR) is 154 cm³/mol. The summed E-state index contributed by atoms with van der Waals surface area (Å²) in [4.78, 5) is 2.86. The van der Waals surface area contributed by atoms with Crippen molar-refractivity contribution in [2.75, 3.05) is 0 Å². The highest BCUT2D eigenvalue weighted by Gasteiger charge is 2.32. The van der Waals surface area contributed by atoms with Gasteiger partial charge in [0.2, 0.25) is 5.69 Å². The summed E-state index contributed by atoms with van der Waals surface area (Å²) >= 11 is 2.01. The highest BCUT2D eigenvalue weighted by atomic mass is 32.2. The summed E-state index contributed by atoms with van der Waals surface area (Å²) in [5.41, 5.74) is 7.21. The van der Waals surface area contributed by atoms with Crippen LogP contribution < -0.4 is 4.57 Å². The fraction of sp³-hybridized carbons (Fsp3) is 0.324. The molecule has 0 radical (unpaired) electrons. The third-order valence-corrected chi connectivity index (χ3v) is 9.93. The Morgan fingerprint density at radius 3 is 2.47 bits per heavy atom. The first-order valence-corrected chi connectivity index (χ1v) is 14.4. The minimum absolute atomic E-state index is 0.460. The maximum absolute atomic E-state index is 2.49. The lowest BCUT2D eigenvalue weighted by Crippen LogP contribution is -2.32. The summed E-state index contributed by atoms with van der Waals surface area (Å²) in [5.74, 6) is 1.33. The third kappa shape index (κ3) is 3.27. The van der Waals surface area contributed by atoms with Crippen LogP contribution in [-0.2, 0) is 13.5 Å². The second-order valence-electron chi connectivity index (χ2n) is 11.4. The molecule has 2 heterocycles. The Hall–Kier alpha value is -2.84. The van der Waals surface area contributed by atoms with Gasteiger partial charge in [0.05, 0.1) is 10.9 Å². The molecular weight excluding hydrogens is 454 g/mol. The number of rotatable bonds is 3. The number of hydrogen-bond donors (Lipinski definition) is 0. The molecule has 1 aromatic heterocycles. The Labute approximate surface area is 218 Å². The van der Waals surface area contributed by atoms with Gasteiger partial charge in [-0.25, -0.2) is 4.57 Å². The maximum atomic E-state index is 2.49. The van der Waals surface area contributed by atoms with Crippen molar-refractivity contribution in [3.05, 3.63) is 77.5 Å². The van der Waals surface area contributed by atoms with Gasteiger partial charge in [-0.05, 0) is 69.5 Å². The standard InChI is InChI=1S/C34H34NS/c1-20(2)30-27-12-8-7-11-25(27)21(3)31-33-32-28(15-16-35(33)4)26-14-13-23(17-22-9-5-6-10-22)18-24(26)19-29(32)36-34(30)31/h7-8,11-16,18-20,22H,5-6,9-10,17H2,1-4H3/q+1. The molecular formula is C34H34NS+. The second-order valence-corrected chi connectivity index (χ2v) is 12.4. The molecule has 0 bridgehead atoms. The van der Waals surface area contributed by atoms with Crippen LogP contribution in [0.3, 0.4) is 0 Å². The molecule has 4 aromatic carbocycles. The van der Waals surface area contributed by atoms with Crippen molar-refractivity contribution in [3.63, 3.8) is 0 Å². The van der Waals surface area contributed by atoms with Gasteiger partial charge in [-0.3, -0.25) is 0 Å². The first kappa shape index (κ1) is 22.4. The van der Waals surface area contributed by atoms with Crippen LogP contribution in [0.4, 0.5) is 0 Å². The molecule has 5 aromatic rings. The second kappa shape index (κ2) is 8.35. The fourth-order valence-electron chi connectivity index (χ4n) is 7.05. The van der Waals surface area contributed by atoms with Crippen LogP contribution in [0.1, 0.15) is 62.1 Å². The van der Waals surface area contributed by atoms with E-state index in [-0.39, 0.29) is 0 Å². The van der Waals surface area contributed by atoms with E-state index >= 15 is 0 Å². The van der Waals surface area contributed by atoms with Gasteiger partial charge in [-0.1, -0.05) is 93.8 Å². The van der Waals surface area contributed by atoms with Gasteiger partial charge in [0.15, 0.2) is 6.20 Å². The molecule has 36 heavy (non-hydrogen) atoms. The monoisotopic (exact) mass is 488 g/mol. The first-order valence-electron chi connectivity index (χ1n) is 13.6. The van der Waals surface area contributed by atoms with Gasteiger partial charge >= 0.3 is 0 Å². The van der Waals surface area contributed by atoms with Crippen LogP contribution in [-0.4, -0.2) is 0 Å². The van der Waals surface area contributed by atoms with Gasteiger partial charge in [0.1, 0.15) is 7.05 Å². The van der Waals surface area contributed by atoms with Crippen LogP contribution in [0.25, 0.3) is 43.6 Å². The van der Waals surface area contributed by atoms with Crippen molar-refractivity contribution >= 4 is 44.1 Å². The lowest BCUT2D eigenvalue weighted by Gasteiger charge is -2.26. The minimum Gasteiger partial charge on any atom is -0.200 e.